The van der Waals surface area contributed by atoms with E-state index in [2.05, 4.69) is 17.4 Å². The van der Waals surface area contributed by atoms with Crippen LogP contribution in [0.4, 0.5) is 10.2 Å². The highest BCUT2D eigenvalue weighted by atomic mass is 19.1. The first-order valence-corrected chi connectivity index (χ1v) is 11.0. The van der Waals surface area contributed by atoms with Gasteiger partial charge in [0.2, 0.25) is 5.91 Å². The monoisotopic (exact) mass is 425 g/mol. The van der Waals surface area contributed by atoms with Crippen molar-refractivity contribution in [1.29, 1.82) is 0 Å². The molecule has 0 aliphatic carbocycles. The highest BCUT2D eigenvalue weighted by molar-refractivity contribution is 5.83. The lowest BCUT2D eigenvalue weighted by atomic mass is 9.82. The fraction of sp³-hybridized carbons (Fsp3) is 0.458. The number of carbonyl (C=O) groups is 2. The maximum atomic E-state index is 13.7. The summed E-state index contributed by atoms with van der Waals surface area (Å²) >= 11 is 0. The lowest BCUT2D eigenvalue weighted by Gasteiger charge is -2.23. The van der Waals surface area contributed by atoms with Crippen LogP contribution >= 0.6 is 0 Å². The molecule has 2 N–H and O–H groups in total. The maximum Gasteiger partial charge on any atom is 0.303 e. The minimum atomic E-state index is -0.979. The third kappa shape index (κ3) is 5.03. The third-order valence-electron chi connectivity index (χ3n) is 6.31. The molecule has 2 aromatic rings. The molecular formula is C24H28FN3O3. The van der Waals surface area contributed by atoms with Crippen LogP contribution in [0.5, 0.6) is 0 Å². The van der Waals surface area contributed by atoms with Crippen molar-refractivity contribution < 1.29 is 19.1 Å². The van der Waals surface area contributed by atoms with Crippen molar-refractivity contribution in [2.75, 3.05) is 25.0 Å². The molecule has 2 aliphatic heterocycles. The summed E-state index contributed by atoms with van der Waals surface area (Å²) in [4.78, 5) is 31.0. The molecule has 0 bridgehead atoms. The number of anilines is 1. The number of aryl methyl sites for hydroxylation is 2. The Morgan fingerprint density at radius 1 is 1.32 bits per heavy atom. The second-order valence-corrected chi connectivity index (χ2v) is 8.42. The van der Waals surface area contributed by atoms with Gasteiger partial charge in [-0.25, -0.2) is 9.37 Å². The van der Waals surface area contributed by atoms with Crippen molar-refractivity contribution in [3.63, 3.8) is 0 Å². The second-order valence-electron chi connectivity index (χ2n) is 8.42. The van der Waals surface area contributed by atoms with E-state index in [1.807, 2.05) is 4.90 Å². The van der Waals surface area contributed by atoms with Crippen molar-refractivity contribution in [2.45, 2.75) is 44.4 Å². The Balaban J connectivity index is 1.37. The zero-order valence-electron chi connectivity index (χ0n) is 17.5. The van der Waals surface area contributed by atoms with Crippen molar-refractivity contribution >= 4 is 17.7 Å². The Kier molecular flexibility index (Phi) is 6.49. The van der Waals surface area contributed by atoms with Crippen LogP contribution in [0.25, 0.3) is 0 Å². The van der Waals surface area contributed by atoms with E-state index < -0.39 is 23.6 Å². The molecule has 7 heteroatoms. The molecule has 0 saturated carbocycles. The molecule has 1 aromatic carbocycles. The lowest BCUT2D eigenvalue weighted by Crippen LogP contribution is -2.31. The summed E-state index contributed by atoms with van der Waals surface area (Å²) < 4.78 is 13.7. The quantitative estimate of drug-likeness (QED) is 0.675. The summed E-state index contributed by atoms with van der Waals surface area (Å²) in [5, 5.41) is 12.7. The number of hydrogen-bond donors (Lipinski definition) is 2. The Hall–Kier alpha value is -2.96. The van der Waals surface area contributed by atoms with E-state index in [-0.39, 0.29) is 12.3 Å². The Morgan fingerprint density at radius 2 is 2.19 bits per heavy atom. The fourth-order valence-electron chi connectivity index (χ4n) is 4.74. The van der Waals surface area contributed by atoms with Gasteiger partial charge >= 0.3 is 5.97 Å². The molecule has 4 rings (SSSR count). The van der Waals surface area contributed by atoms with Crippen LogP contribution in [-0.4, -0.2) is 46.5 Å². The highest BCUT2D eigenvalue weighted by Gasteiger charge is 2.38. The van der Waals surface area contributed by atoms with E-state index in [1.54, 1.807) is 12.1 Å². The molecule has 164 valence electrons. The number of aliphatic carboxylic acids is 1. The number of pyridine rings is 1. The summed E-state index contributed by atoms with van der Waals surface area (Å²) in [7, 11) is 0. The Bertz CT molecular complexity index is 965. The molecule has 1 amide bonds. The summed E-state index contributed by atoms with van der Waals surface area (Å²) in [6, 6.07) is 10.1. The number of halogens is 1. The molecule has 1 fully saturated rings. The van der Waals surface area contributed by atoms with Crippen molar-refractivity contribution in [3.8, 4) is 0 Å². The zero-order valence-corrected chi connectivity index (χ0v) is 17.5. The summed E-state index contributed by atoms with van der Waals surface area (Å²) in [6.45, 7) is 2.18. The number of rotatable bonds is 8. The number of carbonyl (C=O) groups excluding carboxylic acids is 1. The summed E-state index contributed by atoms with van der Waals surface area (Å²) in [6.07, 6.45) is 4.18. The summed E-state index contributed by atoms with van der Waals surface area (Å²) in [5.41, 5.74) is 2.85. The molecule has 0 radical (unpaired) electrons. The molecule has 6 nitrogen and oxygen atoms in total. The van der Waals surface area contributed by atoms with E-state index in [4.69, 9.17) is 4.98 Å². The number of likely N-dealkylation sites (tertiary alicyclic amines) is 1. The number of carboxylic acid groups (broad SMARTS) is 1. The number of fused-ring (bicyclic) bond motifs is 1. The number of hydrogen-bond acceptors (Lipinski definition) is 4. The largest absolute Gasteiger partial charge is 0.481 e. The molecule has 31 heavy (non-hydrogen) atoms. The van der Waals surface area contributed by atoms with Gasteiger partial charge in [-0.15, -0.1) is 0 Å². The number of aromatic nitrogens is 1. The number of amides is 1. The molecule has 2 aliphatic rings. The van der Waals surface area contributed by atoms with Crippen LogP contribution < -0.4 is 5.32 Å². The van der Waals surface area contributed by atoms with Gasteiger partial charge in [-0.2, -0.15) is 0 Å². The SMILES string of the molecule is O=C(O)C[C@H](c1cccc(F)c1)[C@@H]1CCN(CCCc2ccc3c(n2)NCCC3)C1=O. The van der Waals surface area contributed by atoms with Gasteiger partial charge in [0, 0.05) is 37.2 Å². The number of nitrogens with one attached hydrogen (secondary N) is 1. The average molecular weight is 426 g/mol. The molecule has 2 atom stereocenters. The van der Waals surface area contributed by atoms with Crippen LogP contribution in [0.2, 0.25) is 0 Å². The van der Waals surface area contributed by atoms with Gasteiger partial charge in [-0.05, 0) is 61.4 Å². The first kappa shape index (κ1) is 21.3. The Labute approximate surface area is 181 Å². The zero-order chi connectivity index (χ0) is 21.8. The lowest BCUT2D eigenvalue weighted by molar-refractivity contribution is -0.138. The molecule has 1 aromatic heterocycles. The standard InChI is InChI=1S/C24H28FN3O3/c25-18-6-1-4-17(14-18)21(15-22(29)30)20-10-13-28(24(20)31)12-3-7-19-9-8-16-5-2-11-26-23(16)27-19/h1,4,6,8-9,14,20-21H,2-3,5,7,10-13,15H2,(H,26,27)(H,29,30)/t20-,21+/m0/s1. The van der Waals surface area contributed by atoms with Gasteiger partial charge in [0.05, 0.1) is 6.42 Å². The second kappa shape index (κ2) is 9.45. The first-order valence-electron chi connectivity index (χ1n) is 11.0. The van der Waals surface area contributed by atoms with Crippen LogP contribution in [0.1, 0.15) is 48.4 Å². The van der Waals surface area contributed by atoms with Gasteiger partial charge in [0.25, 0.3) is 0 Å². The maximum absolute atomic E-state index is 13.7. The van der Waals surface area contributed by atoms with E-state index in [9.17, 15) is 19.1 Å². The predicted molar refractivity (Wildman–Crippen MR) is 115 cm³/mol. The van der Waals surface area contributed by atoms with Crippen molar-refractivity contribution in [3.05, 3.63) is 59.0 Å². The molecular weight excluding hydrogens is 397 g/mol. The van der Waals surface area contributed by atoms with Gasteiger partial charge in [-0.3, -0.25) is 9.59 Å². The minimum absolute atomic E-state index is 0.0319. The van der Waals surface area contributed by atoms with Crippen molar-refractivity contribution in [2.24, 2.45) is 5.92 Å². The van der Waals surface area contributed by atoms with Crippen LogP contribution in [-0.2, 0) is 22.4 Å². The smallest absolute Gasteiger partial charge is 0.303 e. The third-order valence-corrected chi connectivity index (χ3v) is 6.31. The number of benzene rings is 1. The van der Waals surface area contributed by atoms with E-state index in [1.165, 1.54) is 17.7 Å². The van der Waals surface area contributed by atoms with E-state index in [0.29, 0.717) is 25.1 Å². The van der Waals surface area contributed by atoms with Crippen LogP contribution in [0.15, 0.2) is 36.4 Å². The average Bonchev–Trinajstić information content (AvgIpc) is 3.12. The molecule has 1 saturated heterocycles. The van der Waals surface area contributed by atoms with Gasteiger partial charge < -0.3 is 15.3 Å². The van der Waals surface area contributed by atoms with E-state index >= 15 is 0 Å². The number of nitrogens with zero attached hydrogens (tertiary/aromatic N) is 2. The predicted octanol–water partition coefficient (Wildman–Crippen LogP) is 3.62. The highest BCUT2D eigenvalue weighted by Crippen LogP contribution is 2.36. The number of carboxylic acids is 1. The van der Waals surface area contributed by atoms with Crippen LogP contribution in [0.3, 0.4) is 0 Å². The minimum Gasteiger partial charge on any atom is -0.481 e. The molecule has 0 spiro atoms. The molecule has 0 unspecified atom stereocenters. The first-order chi connectivity index (χ1) is 15.0. The topological polar surface area (TPSA) is 82.5 Å². The van der Waals surface area contributed by atoms with Gasteiger partial charge in [0.1, 0.15) is 11.6 Å². The molecule has 3 heterocycles. The van der Waals surface area contributed by atoms with Gasteiger partial charge in [-0.1, -0.05) is 18.2 Å². The summed E-state index contributed by atoms with van der Waals surface area (Å²) in [5.74, 6) is -1.39. The normalized spacial score (nSPS) is 19.1. The van der Waals surface area contributed by atoms with Gasteiger partial charge in [0.15, 0.2) is 0 Å². The Morgan fingerprint density at radius 3 is 3.00 bits per heavy atom. The fourth-order valence-corrected chi connectivity index (χ4v) is 4.74. The van der Waals surface area contributed by atoms with E-state index in [0.717, 1.165) is 43.7 Å². The van der Waals surface area contributed by atoms with Crippen molar-refractivity contribution in [1.82, 2.24) is 9.88 Å². The van der Waals surface area contributed by atoms with Crippen LogP contribution in [0, 0.1) is 11.7 Å².